The molecule has 62 heavy (non-hydrogen) atoms. The summed E-state index contributed by atoms with van der Waals surface area (Å²) in [5, 5.41) is 5.07. The van der Waals surface area contributed by atoms with Gasteiger partial charge in [-0.05, 0) is 128 Å². The topological polar surface area (TPSA) is 8.17 Å². The predicted octanol–water partition coefficient (Wildman–Crippen LogP) is 15.9. The summed E-state index contributed by atoms with van der Waals surface area (Å²) in [4.78, 5) is 4.95. The van der Waals surface area contributed by atoms with Gasteiger partial charge in [-0.2, -0.15) is 0 Å². The Morgan fingerprint density at radius 3 is 1.66 bits per heavy atom. The highest BCUT2D eigenvalue weighted by molar-refractivity contribution is 7.99. The van der Waals surface area contributed by atoms with E-state index >= 15 is 0 Å². The summed E-state index contributed by atoms with van der Waals surface area (Å²) in [5.41, 5.74) is 16.9. The molecule has 1 aliphatic heterocycles. The number of anilines is 3. The van der Waals surface area contributed by atoms with E-state index < -0.39 is 5.41 Å². The van der Waals surface area contributed by atoms with Gasteiger partial charge in [0, 0.05) is 43.3 Å². The molecule has 0 N–H and O–H groups in total. The third kappa shape index (κ3) is 5.06. The van der Waals surface area contributed by atoms with Crippen LogP contribution in [0.2, 0.25) is 0 Å². The van der Waals surface area contributed by atoms with Crippen LogP contribution in [-0.2, 0) is 5.41 Å². The molecule has 0 bridgehead atoms. The Bertz CT molecular complexity index is 3490. The van der Waals surface area contributed by atoms with Crippen LogP contribution in [0.1, 0.15) is 22.3 Å². The summed E-state index contributed by atoms with van der Waals surface area (Å²) in [6, 6.07) is 85.1. The summed E-state index contributed by atoms with van der Waals surface area (Å²) >= 11 is 1.91. The third-order valence-electron chi connectivity index (χ3n) is 13.2. The number of benzene rings is 10. The van der Waals surface area contributed by atoms with Crippen LogP contribution in [0.3, 0.4) is 0 Å². The van der Waals surface area contributed by atoms with E-state index in [2.05, 4.69) is 240 Å². The minimum atomic E-state index is -0.445. The average Bonchev–Trinajstić information content (AvgIpc) is 3.83. The van der Waals surface area contributed by atoms with E-state index in [4.69, 9.17) is 0 Å². The molecule has 290 valence electrons. The van der Waals surface area contributed by atoms with Gasteiger partial charge < -0.3 is 9.47 Å². The molecule has 0 amide bonds. The van der Waals surface area contributed by atoms with Crippen LogP contribution in [0.4, 0.5) is 17.1 Å². The first kappa shape index (κ1) is 35.2. The van der Waals surface area contributed by atoms with Crippen molar-refractivity contribution in [2.45, 2.75) is 15.2 Å². The van der Waals surface area contributed by atoms with E-state index in [1.807, 2.05) is 11.8 Å². The Hall–Kier alpha value is -7.59. The first-order valence-electron chi connectivity index (χ1n) is 21.3. The van der Waals surface area contributed by atoms with Crippen molar-refractivity contribution in [3.8, 4) is 27.9 Å². The number of hydrogen-bond donors (Lipinski definition) is 0. The van der Waals surface area contributed by atoms with E-state index in [9.17, 15) is 0 Å². The molecule has 2 aliphatic rings. The van der Waals surface area contributed by atoms with Gasteiger partial charge in [0.05, 0.1) is 16.4 Å². The Labute approximate surface area is 365 Å². The van der Waals surface area contributed by atoms with Gasteiger partial charge >= 0.3 is 0 Å². The highest BCUT2D eigenvalue weighted by Gasteiger charge is 2.50. The van der Waals surface area contributed by atoms with Crippen LogP contribution >= 0.6 is 11.8 Å². The number of aromatic nitrogens is 1. The van der Waals surface area contributed by atoms with Crippen LogP contribution in [0.25, 0.3) is 60.5 Å². The molecule has 1 aliphatic carbocycles. The van der Waals surface area contributed by atoms with Crippen molar-refractivity contribution in [1.29, 1.82) is 0 Å². The summed E-state index contributed by atoms with van der Waals surface area (Å²) < 4.78 is 2.49. The Kier molecular flexibility index (Phi) is 7.79. The fourth-order valence-electron chi connectivity index (χ4n) is 10.6. The minimum Gasteiger partial charge on any atom is -0.311 e. The van der Waals surface area contributed by atoms with Gasteiger partial charge in [-0.3, -0.25) is 0 Å². The highest BCUT2D eigenvalue weighted by atomic mass is 32.2. The maximum atomic E-state index is 2.56. The molecule has 0 atom stereocenters. The molecule has 0 radical (unpaired) electrons. The summed E-state index contributed by atoms with van der Waals surface area (Å²) in [7, 11) is 0. The molecule has 2 heterocycles. The van der Waals surface area contributed by atoms with Crippen molar-refractivity contribution < 1.29 is 0 Å². The molecule has 0 unspecified atom stereocenters. The van der Waals surface area contributed by atoms with Crippen LogP contribution in [0.5, 0.6) is 0 Å². The predicted molar refractivity (Wildman–Crippen MR) is 260 cm³/mol. The Morgan fingerprint density at radius 1 is 0.371 bits per heavy atom. The van der Waals surface area contributed by atoms with E-state index in [-0.39, 0.29) is 0 Å². The van der Waals surface area contributed by atoms with Crippen molar-refractivity contribution in [3.05, 3.63) is 253 Å². The van der Waals surface area contributed by atoms with Crippen LogP contribution in [-0.4, -0.2) is 4.57 Å². The van der Waals surface area contributed by atoms with E-state index in [0.717, 1.165) is 22.7 Å². The molecule has 0 saturated heterocycles. The summed E-state index contributed by atoms with van der Waals surface area (Å²) in [6.45, 7) is 0. The summed E-state index contributed by atoms with van der Waals surface area (Å²) in [6.07, 6.45) is 0. The van der Waals surface area contributed by atoms with Crippen LogP contribution in [0, 0.1) is 0 Å². The Balaban J connectivity index is 1.03. The van der Waals surface area contributed by atoms with Gasteiger partial charge in [-0.25, -0.2) is 0 Å². The molecular weight excluding hydrogens is 769 g/mol. The molecule has 0 saturated carbocycles. The lowest BCUT2D eigenvalue weighted by Gasteiger charge is -2.39. The van der Waals surface area contributed by atoms with Crippen molar-refractivity contribution >= 4 is 61.4 Å². The van der Waals surface area contributed by atoms with Gasteiger partial charge in [0.2, 0.25) is 0 Å². The monoisotopic (exact) mass is 806 g/mol. The maximum absolute atomic E-state index is 2.56. The normalized spacial score (nSPS) is 13.2. The zero-order valence-corrected chi connectivity index (χ0v) is 34.6. The number of rotatable bonds is 5. The number of nitrogens with zero attached hydrogens (tertiary/aromatic N) is 2. The van der Waals surface area contributed by atoms with Gasteiger partial charge in [0.25, 0.3) is 0 Å². The lowest BCUT2D eigenvalue weighted by Crippen LogP contribution is -2.31. The molecule has 1 aromatic heterocycles. The maximum Gasteiger partial charge on any atom is 0.0735 e. The molecule has 1 spiro atoms. The second-order valence-corrected chi connectivity index (χ2v) is 17.5. The highest BCUT2D eigenvalue weighted by Crippen LogP contribution is 2.63. The zero-order valence-electron chi connectivity index (χ0n) is 33.7. The SMILES string of the molecule is c1ccc(-c2ccc(N(c3ccccc3)c3ccc(-n4c5cc6c(cc5c5c7ccccc7ccc54)C4(c5ccccc5S6)c5ccccc5-c5ccccc54)cc3)cc2)cc1. The summed E-state index contributed by atoms with van der Waals surface area (Å²) in [5.74, 6) is 0. The molecular formula is C59H38N2S. The van der Waals surface area contributed by atoms with Crippen molar-refractivity contribution in [3.63, 3.8) is 0 Å². The van der Waals surface area contributed by atoms with Crippen molar-refractivity contribution in [1.82, 2.24) is 4.57 Å². The van der Waals surface area contributed by atoms with Crippen LogP contribution < -0.4 is 4.90 Å². The first-order chi connectivity index (χ1) is 30.8. The molecule has 3 heteroatoms. The standard InChI is InChI=1S/C59H38N2S/c1-3-15-39(16-4-1)40-27-30-43(31-28-40)60(42-18-5-2-6-19-42)44-32-34-45(35-33-44)61-54-36-29-41-17-7-8-20-46(41)58(54)49-37-53-57(38-55(49)61)62-56-26-14-13-25-52(56)59(53)50-23-11-9-21-47(50)48-22-10-12-24-51(48)59/h1-38H. The molecule has 10 aromatic carbocycles. The Morgan fingerprint density at radius 2 is 0.935 bits per heavy atom. The second kappa shape index (κ2) is 13.7. The average molecular weight is 807 g/mol. The largest absolute Gasteiger partial charge is 0.311 e. The van der Waals surface area contributed by atoms with Crippen molar-refractivity contribution in [2.75, 3.05) is 4.90 Å². The molecule has 0 fully saturated rings. The van der Waals surface area contributed by atoms with Gasteiger partial charge in [0.1, 0.15) is 0 Å². The van der Waals surface area contributed by atoms with E-state index in [1.54, 1.807) is 0 Å². The van der Waals surface area contributed by atoms with Gasteiger partial charge in [-0.1, -0.05) is 169 Å². The zero-order chi connectivity index (χ0) is 40.8. The third-order valence-corrected chi connectivity index (χ3v) is 14.4. The lowest BCUT2D eigenvalue weighted by atomic mass is 9.67. The first-order valence-corrected chi connectivity index (χ1v) is 22.2. The number of para-hydroxylation sites is 1. The molecule has 13 rings (SSSR count). The number of fused-ring (bicyclic) bond motifs is 14. The van der Waals surface area contributed by atoms with Gasteiger partial charge in [0.15, 0.2) is 0 Å². The van der Waals surface area contributed by atoms with Gasteiger partial charge in [-0.15, -0.1) is 0 Å². The molecule has 11 aromatic rings. The van der Waals surface area contributed by atoms with E-state index in [0.29, 0.717) is 0 Å². The molecule has 2 nitrogen and oxygen atoms in total. The van der Waals surface area contributed by atoms with Crippen molar-refractivity contribution in [2.24, 2.45) is 0 Å². The minimum absolute atomic E-state index is 0.445. The quantitative estimate of drug-likeness (QED) is 0.171. The lowest BCUT2D eigenvalue weighted by molar-refractivity contribution is 0.724. The smallest absolute Gasteiger partial charge is 0.0735 e. The van der Waals surface area contributed by atoms with Crippen LogP contribution in [0.15, 0.2) is 240 Å². The fourth-order valence-corrected chi connectivity index (χ4v) is 11.8. The van der Waals surface area contributed by atoms with E-state index in [1.165, 1.54) is 86.9 Å². The fraction of sp³-hybridized carbons (Fsp3) is 0.0169. The number of hydrogen-bond acceptors (Lipinski definition) is 2. The second-order valence-electron chi connectivity index (χ2n) is 16.4.